The van der Waals surface area contributed by atoms with E-state index in [4.69, 9.17) is 30.3 Å². The molecule has 0 rings (SSSR count). The van der Waals surface area contributed by atoms with E-state index < -0.39 is 11.2 Å². The fourth-order valence-electron chi connectivity index (χ4n) is 0. The van der Waals surface area contributed by atoms with Crippen LogP contribution in [0.5, 0.6) is 0 Å². The minimum Gasteiger partial charge on any atom is -0.870 e. The van der Waals surface area contributed by atoms with Crippen molar-refractivity contribution in [1.29, 1.82) is 0 Å². The molecule has 0 aliphatic heterocycles. The predicted molar refractivity (Wildman–Crippen MR) is 20.3 cm³/mol. The summed E-state index contributed by atoms with van der Waals surface area (Å²) in [6.07, 6.45) is -2.08. The fraction of sp³-hybridized carbons (Fsp3) is 0. The van der Waals surface area contributed by atoms with Crippen LogP contribution >= 0.6 is 0 Å². The first-order valence-corrected chi connectivity index (χ1v) is 1.18. The predicted octanol–water partition coefficient (Wildman–Crippen LogP) is -10.5. The molecule has 0 fully saturated rings. The molecule has 12 heavy (non-hydrogen) atoms. The van der Waals surface area contributed by atoms with Gasteiger partial charge in [-0.25, -0.2) is 0 Å². The molecule has 0 atom stereocenters. The van der Waals surface area contributed by atoms with Crippen LogP contribution in [-0.2, 0) is 0 Å². The summed E-state index contributed by atoms with van der Waals surface area (Å²) in [6, 6.07) is 0. The van der Waals surface area contributed by atoms with Crippen LogP contribution in [0.2, 0.25) is 0 Å². The van der Waals surface area contributed by atoms with Crippen molar-refractivity contribution in [3.05, 3.63) is 15.3 Å². The van der Waals surface area contributed by atoms with E-state index in [1.807, 2.05) is 0 Å². The topological polar surface area (TPSA) is 157 Å². The Morgan fingerprint density at radius 3 is 1.17 bits per heavy atom. The summed E-state index contributed by atoms with van der Waals surface area (Å²) >= 11 is 0. The Bertz CT molecular complexity index is 76.7. The summed E-state index contributed by atoms with van der Waals surface area (Å²) in [5.74, 6) is 0. The molecule has 0 radical (unpaired) electrons. The van der Waals surface area contributed by atoms with Gasteiger partial charge in [0.05, 0.1) is 5.09 Å². The first-order chi connectivity index (χ1) is 3.46. The quantitative estimate of drug-likeness (QED) is 0.235. The molecule has 0 saturated heterocycles. The molecule has 0 unspecified atom stereocenters. The van der Waals surface area contributed by atoms with E-state index >= 15 is 0 Å². The maximum atomic E-state index is 8.44. The Kier molecular flexibility index (Phi) is 92.1. The molecule has 0 aromatic heterocycles. The Labute approximate surface area is 134 Å². The van der Waals surface area contributed by atoms with Gasteiger partial charge >= 0.3 is 88.7 Å². The van der Waals surface area contributed by atoms with Gasteiger partial charge in [0.2, 0.25) is 6.16 Å². The van der Waals surface area contributed by atoms with E-state index in [1.165, 1.54) is 0 Å². The van der Waals surface area contributed by atoms with Crippen molar-refractivity contribution in [2.75, 3.05) is 0 Å². The summed E-state index contributed by atoms with van der Waals surface area (Å²) < 4.78 is 0. The van der Waals surface area contributed by atoms with Crippen molar-refractivity contribution >= 4 is 6.16 Å². The molecule has 0 aliphatic carbocycles. The van der Waals surface area contributed by atoms with Gasteiger partial charge in [0.15, 0.2) is 0 Å². The fourth-order valence-corrected chi connectivity index (χ4v) is 0. The van der Waals surface area contributed by atoms with Gasteiger partial charge < -0.3 is 35.8 Å². The van der Waals surface area contributed by atoms with Crippen LogP contribution in [0.4, 0.5) is 4.79 Å². The van der Waals surface area contributed by atoms with Gasteiger partial charge in [0.1, 0.15) is 0 Å². The van der Waals surface area contributed by atoms with Crippen LogP contribution in [-0.4, -0.2) is 21.8 Å². The van der Waals surface area contributed by atoms with E-state index in [2.05, 4.69) is 0 Å². The Morgan fingerprint density at radius 1 is 1.17 bits per heavy atom. The molecule has 0 spiro atoms. The number of hydrogen-bond acceptors (Lipinski definition) is 6. The molecular formula is CH2NNa3O7. The Hall–Kier alpha value is 1.43. The zero-order chi connectivity index (χ0) is 7.15. The van der Waals surface area contributed by atoms with E-state index in [9.17, 15) is 0 Å². The molecule has 0 aromatic carbocycles. The van der Waals surface area contributed by atoms with Crippen molar-refractivity contribution in [1.82, 2.24) is 0 Å². The standard InChI is InChI=1S/CH2O3.NO3.3Na.H2O/c2*2-1(3)4;;;;/h(H2,2,3,4);;;;;1H2/q;-1;3*+1;/p-2. The third-order valence-corrected chi connectivity index (χ3v) is 0. The molecule has 0 saturated carbocycles. The summed E-state index contributed by atoms with van der Waals surface area (Å²) in [7, 11) is 0. The number of hydrogen-bond donors (Lipinski definition) is 1. The van der Waals surface area contributed by atoms with E-state index in [0.717, 1.165) is 0 Å². The summed E-state index contributed by atoms with van der Waals surface area (Å²) in [4.78, 5) is 16.7. The van der Waals surface area contributed by atoms with Gasteiger partial charge in [0.25, 0.3) is 0 Å². The van der Waals surface area contributed by atoms with Crippen LogP contribution in [0.15, 0.2) is 0 Å². The monoisotopic (exact) mass is 209 g/mol. The summed E-state index contributed by atoms with van der Waals surface area (Å²) in [5, 5.41) is 30.1. The molecular weight excluding hydrogens is 207 g/mol. The number of carbonyl (C=O) groups is 1. The number of carboxylic acid groups (broad SMARTS) is 2. The normalized spacial score (nSPS) is 4.00. The van der Waals surface area contributed by atoms with Crippen molar-refractivity contribution in [2.24, 2.45) is 0 Å². The van der Waals surface area contributed by atoms with E-state index in [-0.39, 0.29) is 94.1 Å². The third kappa shape index (κ3) is 608. The number of rotatable bonds is 0. The molecule has 56 valence electrons. The third-order valence-electron chi connectivity index (χ3n) is 0. The maximum absolute atomic E-state index is 8.44. The molecule has 8 nitrogen and oxygen atoms in total. The largest absolute Gasteiger partial charge is 1.00 e. The van der Waals surface area contributed by atoms with E-state index in [0.29, 0.717) is 0 Å². The van der Waals surface area contributed by atoms with Crippen LogP contribution in [0.3, 0.4) is 0 Å². The number of nitrogens with zero attached hydrogens (tertiary/aromatic N) is 1. The second-order valence-electron chi connectivity index (χ2n) is 0.490. The van der Waals surface area contributed by atoms with Gasteiger partial charge in [0, 0.05) is 0 Å². The molecule has 0 amide bonds. The van der Waals surface area contributed by atoms with E-state index in [1.54, 1.807) is 0 Å². The Balaban J connectivity index is -0.0000000112. The van der Waals surface area contributed by atoms with Crippen molar-refractivity contribution < 1.29 is 114 Å². The van der Waals surface area contributed by atoms with Gasteiger partial charge in [-0.15, -0.1) is 0 Å². The van der Waals surface area contributed by atoms with Crippen LogP contribution in [0.25, 0.3) is 0 Å². The second kappa shape index (κ2) is 29.4. The summed E-state index contributed by atoms with van der Waals surface area (Å²) in [5.41, 5.74) is 0. The molecule has 0 bridgehead atoms. The molecule has 11 heteroatoms. The van der Waals surface area contributed by atoms with Crippen LogP contribution in [0, 0.1) is 15.3 Å². The first kappa shape index (κ1) is 37.6. The van der Waals surface area contributed by atoms with Gasteiger partial charge in [-0.3, -0.25) is 0 Å². The zero-order valence-corrected chi connectivity index (χ0v) is 12.9. The molecule has 0 heterocycles. The van der Waals surface area contributed by atoms with Gasteiger partial charge in [-0.1, -0.05) is 0 Å². The first-order valence-electron chi connectivity index (χ1n) is 1.18. The van der Waals surface area contributed by atoms with Gasteiger partial charge in [-0.05, 0) is 0 Å². The average molecular weight is 209 g/mol. The summed E-state index contributed by atoms with van der Waals surface area (Å²) in [6.45, 7) is 0. The second-order valence-corrected chi connectivity index (χ2v) is 0.490. The molecule has 0 aliphatic rings. The van der Waals surface area contributed by atoms with Crippen molar-refractivity contribution in [3.63, 3.8) is 0 Å². The smallest absolute Gasteiger partial charge is 0.870 e. The Morgan fingerprint density at radius 2 is 1.17 bits per heavy atom. The van der Waals surface area contributed by atoms with Crippen LogP contribution < -0.4 is 93.8 Å². The van der Waals surface area contributed by atoms with Gasteiger partial charge in [-0.2, -0.15) is 0 Å². The minimum atomic E-state index is -2.08. The minimum absolute atomic E-state index is 0. The zero-order valence-electron chi connectivity index (χ0n) is 6.88. The van der Waals surface area contributed by atoms with Crippen molar-refractivity contribution in [2.45, 2.75) is 0 Å². The van der Waals surface area contributed by atoms with Crippen LogP contribution in [0.1, 0.15) is 0 Å². The average Bonchev–Trinajstić information content (AvgIpc) is 1.25. The SMILES string of the molecule is O=C([O-])O.O=[N+]([O-])[O-].[Na+].[Na+].[Na+].[OH-]. The molecule has 0 aromatic rings. The molecule has 2 N–H and O–H groups in total. The van der Waals surface area contributed by atoms with Crippen molar-refractivity contribution in [3.8, 4) is 0 Å². The maximum Gasteiger partial charge on any atom is 1.00 e.